The molecule has 1 atom stereocenters. The smallest absolute Gasteiger partial charge is 0.320 e. The van der Waals surface area contributed by atoms with Gasteiger partial charge in [0.15, 0.2) is 17.3 Å². The predicted octanol–water partition coefficient (Wildman–Crippen LogP) is 0.191. The Balaban J connectivity index is 2.97. The SMILES string of the molecule is N[C@@H](Cc1ccc(O)c(O)c1F)C(=O)O. The van der Waals surface area contributed by atoms with E-state index in [2.05, 4.69) is 0 Å². The van der Waals surface area contributed by atoms with E-state index in [9.17, 15) is 9.18 Å². The number of rotatable bonds is 3. The fourth-order valence-corrected chi connectivity index (χ4v) is 1.08. The van der Waals surface area contributed by atoms with Crippen molar-refractivity contribution in [2.75, 3.05) is 0 Å². The molecule has 0 fully saturated rings. The van der Waals surface area contributed by atoms with Gasteiger partial charge in [-0.1, -0.05) is 6.07 Å². The van der Waals surface area contributed by atoms with Crippen LogP contribution in [0.15, 0.2) is 12.1 Å². The van der Waals surface area contributed by atoms with Crippen LogP contribution < -0.4 is 5.73 Å². The predicted molar refractivity (Wildman–Crippen MR) is 49.0 cm³/mol. The maximum atomic E-state index is 13.2. The molecule has 0 spiro atoms. The molecular weight excluding hydrogens is 205 g/mol. The van der Waals surface area contributed by atoms with Crippen molar-refractivity contribution in [2.45, 2.75) is 12.5 Å². The highest BCUT2D eigenvalue weighted by Crippen LogP contribution is 2.30. The second kappa shape index (κ2) is 4.14. The Bertz CT molecular complexity index is 394. The number of carbonyl (C=O) groups is 1. The summed E-state index contributed by atoms with van der Waals surface area (Å²) in [6.45, 7) is 0. The Morgan fingerprint density at radius 1 is 1.47 bits per heavy atom. The summed E-state index contributed by atoms with van der Waals surface area (Å²) in [5.41, 5.74) is 5.14. The zero-order valence-corrected chi connectivity index (χ0v) is 7.64. The largest absolute Gasteiger partial charge is 0.504 e. The number of phenols is 2. The first kappa shape index (κ1) is 11.3. The lowest BCUT2D eigenvalue weighted by Crippen LogP contribution is -2.32. The number of hydrogen-bond donors (Lipinski definition) is 4. The zero-order chi connectivity index (χ0) is 11.6. The van der Waals surface area contributed by atoms with E-state index >= 15 is 0 Å². The van der Waals surface area contributed by atoms with Gasteiger partial charge in [0.25, 0.3) is 0 Å². The van der Waals surface area contributed by atoms with E-state index in [-0.39, 0.29) is 12.0 Å². The molecule has 0 radical (unpaired) electrons. The number of aliphatic carboxylic acids is 1. The molecular formula is C9H10FNO4. The summed E-state index contributed by atoms with van der Waals surface area (Å²) in [4.78, 5) is 10.4. The van der Waals surface area contributed by atoms with Crippen LogP contribution in [0.3, 0.4) is 0 Å². The molecule has 5 nitrogen and oxygen atoms in total. The Kier molecular flexibility index (Phi) is 3.11. The average Bonchev–Trinajstić information content (AvgIpc) is 2.18. The molecule has 0 aliphatic heterocycles. The van der Waals surface area contributed by atoms with Crippen LogP contribution in [0.4, 0.5) is 4.39 Å². The topological polar surface area (TPSA) is 104 Å². The minimum absolute atomic E-state index is 0.0554. The molecule has 0 aliphatic rings. The van der Waals surface area contributed by atoms with Gasteiger partial charge in [0, 0.05) is 6.42 Å². The van der Waals surface area contributed by atoms with Crippen LogP contribution in [-0.4, -0.2) is 27.3 Å². The fourth-order valence-electron chi connectivity index (χ4n) is 1.08. The minimum Gasteiger partial charge on any atom is -0.504 e. The number of halogens is 1. The second-order valence-electron chi connectivity index (χ2n) is 3.06. The molecule has 0 heterocycles. The lowest BCUT2D eigenvalue weighted by Gasteiger charge is -2.08. The summed E-state index contributed by atoms with van der Waals surface area (Å²) in [7, 11) is 0. The van der Waals surface area contributed by atoms with Crippen LogP contribution in [-0.2, 0) is 11.2 Å². The van der Waals surface area contributed by atoms with E-state index in [1.807, 2.05) is 0 Å². The van der Waals surface area contributed by atoms with E-state index in [4.69, 9.17) is 21.1 Å². The van der Waals surface area contributed by atoms with Gasteiger partial charge in [0.1, 0.15) is 6.04 Å². The molecule has 6 heteroatoms. The molecule has 0 bridgehead atoms. The summed E-state index contributed by atoms with van der Waals surface area (Å²) in [6.07, 6.45) is -0.255. The highest BCUT2D eigenvalue weighted by Gasteiger charge is 2.18. The van der Waals surface area contributed by atoms with Crippen molar-refractivity contribution >= 4 is 5.97 Å². The Labute approximate surface area is 84.6 Å². The van der Waals surface area contributed by atoms with Gasteiger partial charge in [-0.15, -0.1) is 0 Å². The van der Waals surface area contributed by atoms with Crippen LogP contribution in [0.2, 0.25) is 0 Å². The lowest BCUT2D eigenvalue weighted by molar-refractivity contribution is -0.138. The number of aromatic hydroxyl groups is 2. The van der Waals surface area contributed by atoms with Crippen molar-refractivity contribution in [1.29, 1.82) is 0 Å². The van der Waals surface area contributed by atoms with Crippen LogP contribution in [0.25, 0.3) is 0 Å². The minimum atomic E-state index is -1.26. The first-order chi connectivity index (χ1) is 6.93. The second-order valence-corrected chi connectivity index (χ2v) is 3.06. The van der Waals surface area contributed by atoms with Gasteiger partial charge < -0.3 is 21.1 Å². The molecule has 0 unspecified atom stereocenters. The third kappa shape index (κ3) is 2.35. The summed E-state index contributed by atoms with van der Waals surface area (Å²) >= 11 is 0. The normalized spacial score (nSPS) is 12.4. The van der Waals surface area contributed by atoms with Crippen molar-refractivity contribution in [3.8, 4) is 11.5 Å². The van der Waals surface area contributed by atoms with Crippen LogP contribution in [0.5, 0.6) is 11.5 Å². The lowest BCUT2D eigenvalue weighted by atomic mass is 10.1. The summed E-state index contributed by atoms with van der Waals surface area (Å²) in [5, 5.41) is 26.5. The van der Waals surface area contributed by atoms with Gasteiger partial charge >= 0.3 is 5.97 Å². The van der Waals surface area contributed by atoms with Gasteiger partial charge in [0.2, 0.25) is 0 Å². The van der Waals surface area contributed by atoms with Gasteiger partial charge in [-0.3, -0.25) is 4.79 Å². The number of nitrogens with two attached hydrogens (primary N) is 1. The molecule has 0 saturated carbocycles. The van der Waals surface area contributed by atoms with E-state index in [1.54, 1.807) is 0 Å². The molecule has 1 rings (SSSR count). The standard InChI is InChI=1S/C9H10FNO4/c10-7-4(3-5(11)9(14)15)1-2-6(12)8(7)13/h1-2,5,12-13H,3,11H2,(H,14,15)/t5-/m0/s1. The molecule has 1 aromatic carbocycles. The third-order valence-corrected chi connectivity index (χ3v) is 1.93. The van der Waals surface area contributed by atoms with Crippen molar-refractivity contribution in [2.24, 2.45) is 5.73 Å². The molecule has 5 N–H and O–H groups in total. The highest BCUT2D eigenvalue weighted by atomic mass is 19.1. The zero-order valence-electron chi connectivity index (χ0n) is 7.64. The van der Waals surface area contributed by atoms with Gasteiger partial charge in [-0.05, 0) is 11.6 Å². The number of phenolic OH excluding ortho intramolecular Hbond substituents is 2. The van der Waals surface area contributed by atoms with Gasteiger partial charge in [0.05, 0.1) is 0 Å². The first-order valence-corrected chi connectivity index (χ1v) is 4.11. The molecule has 0 saturated heterocycles. The van der Waals surface area contributed by atoms with Crippen molar-refractivity contribution in [3.05, 3.63) is 23.5 Å². The van der Waals surface area contributed by atoms with Crippen molar-refractivity contribution in [1.82, 2.24) is 0 Å². The highest BCUT2D eigenvalue weighted by molar-refractivity contribution is 5.73. The monoisotopic (exact) mass is 215 g/mol. The van der Waals surface area contributed by atoms with Crippen molar-refractivity contribution < 1.29 is 24.5 Å². The van der Waals surface area contributed by atoms with Crippen molar-refractivity contribution in [3.63, 3.8) is 0 Å². The van der Waals surface area contributed by atoms with E-state index in [1.165, 1.54) is 6.07 Å². The van der Waals surface area contributed by atoms with Crippen LogP contribution in [0, 0.1) is 5.82 Å². The molecule has 0 amide bonds. The molecule has 0 aliphatic carbocycles. The van der Waals surface area contributed by atoms with E-state index in [0.717, 1.165) is 6.07 Å². The summed E-state index contributed by atoms with van der Waals surface area (Å²) in [5.74, 6) is -3.81. The first-order valence-electron chi connectivity index (χ1n) is 4.11. The van der Waals surface area contributed by atoms with Gasteiger partial charge in [-0.2, -0.15) is 0 Å². The van der Waals surface area contributed by atoms with E-state index in [0.29, 0.717) is 0 Å². The number of benzene rings is 1. The quantitative estimate of drug-likeness (QED) is 0.539. The molecule has 1 aromatic rings. The van der Waals surface area contributed by atoms with E-state index < -0.39 is 29.3 Å². The van der Waals surface area contributed by atoms with Crippen LogP contribution >= 0.6 is 0 Å². The molecule has 0 aromatic heterocycles. The fraction of sp³-hybridized carbons (Fsp3) is 0.222. The number of carboxylic acids is 1. The number of carboxylic acid groups (broad SMARTS) is 1. The Morgan fingerprint density at radius 3 is 2.60 bits per heavy atom. The Hall–Kier alpha value is -1.82. The summed E-state index contributed by atoms with van der Waals surface area (Å²) in [6, 6.07) is 0.999. The number of hydrogen-bond acceptors (Lipinski definition) is 4. The van der Waals surface area contributed by atoms with Gasteiger partial charge in [-0.25, -0.2) is 4.39 Å². The summed E-state index contributed by atoms with van der Waals surface area (Å²) < 4.78 is 13.2. The molecule has 15 heavy (non-hydrogen) atoms. The maximum Gasteiger partial charge on any atom is 0.320 e. The molecule has 82 valence electrons. The van der Waals surface area contributed by atoms with Crippen LogP contribution in [0.1, 0.15) is 5.56 Å². The third-order valence-electron chi connectivity index (χ3n) is 1.93. The average molecular weight is 215 g/mol. The maximum absolute atomic E-state index is 13.2. The Morgan fingerprint density at radius 2 is 2.07 bits per heavy atom.